The van der Waals surface area contributed by atoms with Crippen molar-refractivity contribution in [1.82, 2.24) is 9.88 Å². The third-order valence-electron chi connectivity index (χ3n) is 9.08. The fraction of sp³-hybridized carbons (Fsp3) is 0.553. The van der Waals surface area contributed by atoms with Crippen molar-refractivity contribution in [1.29, 1.82) is 0 Å². The lowest BCUT2D eigenvalue weighted by molar-refractivity contribution is -0.174. The van der Waals surface area contributed by atoms with Gasteiger partial charge in [0.05, 0.1) is 6.61 Å². The molecule has 1 fully saturated rings. The quantitative estimate of drug-likeness (QED) is 0.134. The number of carbonyl (C=O) groups excluding carboxylic acids is 8. The number of carbonyl (C=O) groups is 8. The van der Waals surface area contributed by atoms with Crippen molar-refractivity contribution in [3.63, 3.8) is 0 Å². The largest absolute Gasteiger partial charge is 0.516 e. The Morgan fingerprint density at radius 1 is 0.923 bits per heavy atom. The van der Waals surface area contributed by atoms with Gasteiger partial charge in [0.2, 0.25) is 5.78 Å². The topological polar surface area (TPSA) is 190 Å². The summed E-state index contributed by atoms with van der Waals surface area (Å²) < 4.78 is 20.2. The number of allylic oxidation sites excluding steroid dienone is 2. The number of cyclic esters (lactones) is 6. The van der Waals surface area contributed by atoms with Gasteiger partial charge in [0, 0.05) is 50.5 Å². The molecule has 0 aliphatic carbocycles. The van der Waals surface area contributed by atoms with E-state index < -0.39 is 66.2 Å². The second kappa shape index (κ2) is 21.4. The predicted octanol–water partition coefficient (Wildman–Crippen LogP) is 4.71. The normalized spacial score (nSPS) is 25.7. The molecule has 0 radical (unpaired) electrons. The summed E-state index contributed by atoms with van der Waals surface area (Å²) in [5.74, 6) is -7.94. The van der Waals surface area contributed by atoms with Gasteiger partial charge in [-0.15, -0.1) is 6.58 Å². The van der Waals surface area contributed by atoms with Crippen LogP contribution in [0.5, 0.6) is 0 Å². The van der Waals surface area contributed by atoms with Crippen LogP contribution >= 0.6 is 0 Å². The van der Waals surface area contributed by atoms with Gasteiger partial charge < -0.3 is 23.8 Å². The van der Waals surface area contributed by atoms with Crippen LogP contribution in [0.3, 0.4) is 0 Å². The number of pyridine rings is 1. The third kappa shape index (κ3) is 13.6. The highest BCUT2D eigenvalue weighted by atomic mass is 16.7. The molecule has 1 aromatic heterocycles. The maximum Gasteiger partial charge on any atom is 0.516 e. The van der Waals surface area contributed by atoms with Crippen LogP contribution in [0.15, 0.2) is 48.8 Å². The van der Waals surface area contributed by atoms with Crippen molar-refractivity contribution in [3.05, 3.63) is 54.4 Å². The second-order valence-electron chi connectivity index (χ2n) is 13.1. The Balaban J connectivity index is 1.84. The van der Waals surface area contributed by atoms with Gasteiger partial charge in [0.25, 0.3) is 0 Å². The minimum atomic E-state index is -1.60. The molecule has 282 valence electrons. The summed E-state index contributed by atoms with van der Waals surface area (Å²) in [6.07, 6.45) is 7.79. The zero-order valence-corrected chi connectivity index (χ0v) is 29.9. The van der Waals surface area contributed by atoms with Gasteiger partial charge in [0.1, 0.15) is 17.9 Å². The Kier molecular flexibility index (Phi) is 17.0. The Morgan fingerprint density at radius 3 is 2.42 bits per heavy atom. The molecule has 0 aromatic carbocycles. The van der Waals surface area contributed by atoms with Gasteiger partial charge in [-0.05, 0) is 82.3 Å². The van der Waals surface area contributed by atoms with Crippen LogP contribution in [0.1, 0.15) is 96.5 Å². The first-order valence-corrected chi connectivity index (χ1v) is 17.8. The Morgan fingerprint density at radius 2 is 1.69 bits per heavy atom. The zero-order chi connectivity index (χ0) is 38.0. The number of ketones is 2. The first kappa shape index (κ1) is 41.4. The molecule has 0 bridgehead atoms. The van der Waals surface area contributed by atoms with E-state index in [1.807, 2.05) is 13.0 Å². The fourth-order valence-electron chi connectivity index (χ4n) is 6.03. The van der Waals surface area contributed by atoms with E-state index in [1.54, 1.807) is 37.5 Å². The molecule has 0 saturated carbocycles. The SMILES string of the molecule is C=CCC1/C=C(\C)CCOC(=O)OC(=O)CCCCC(=O)C(=O)OC(=O)C(=O)N2CCCC[C@H]2C(=O)O[C@H](CCc2cccnc2)[C@H](C)CCC1=O. The van der Waals surface area contributed by atoms with E-state index in [-0.39, 0.29) is 63.4 Å². The summed E-state index contributed by atoms with van der Waals surface area (Å²) in [6.45, 7) is 7.38. The molecular weight excluding hydrogens is 676 g/mol. The molecule has 2 aliphatic heterocycles. The molecule has 1 amide bonds. The van der Waals surface area contributed by atoms with E-state index in [0.717, 1.165) is 16.0 Å². The number of nitrogens with zero attached hydrogens (tertiary/aromatic N) is 2. The Hall–Kier alpha value is -5.01. The van der Waals surface area contributed by atoms with Gasteiger partial charge in [-0.1, -0.05) is 30.7 Å². The number of amides is 1. The van der Waals surface area contributed by atoms with E-state index in [1.165, 1.54) is 0 Å². The van der Waals surface area contributed by atoms with Crippen LogP contribution in [0.2, 0.25) is 0 Å². The van der Waals surface area contributed by atoms with E-state index in [2.05, 4.69) is 21.0 Å². The molecule has 1 saturated heterocycles. The van der Waals surface area contributed by atoms with Crippen LogP contribution in [0.25, 0.3) is 0 Å². The molecule has 3 heterocycles. The van der Waals surface area contributed by atoms with Crippen LogP contribution < -0.4 is 0 Å². The van der Waals surface area contributed by atoms with Gasteiger partial charge in [0.15, 0.2) is 0 Å². The van der Waals surface area contributed by atoms with Crippen molar-refractivity contribution in [2.45, 2.75) is 109 Å². The van der Waals surface area contributed by atoms with Crippen LogP contribution in [-0.2, 0) is 58.9 Å². The number of aryl methyl sites for hydroxylation is 1. The number of hydrogen-bond acceptors (Lipinski definition) is 13. The van der Waals surface area contributed by atoms with E-state index in [9.17, 15) is 38.4 Å². The summed E-state index contributed by atoms with van der Waals surface area (Å²) in [7, 11) is 0. The molecular formula is C38H48N2O12. The van der Waals surface area contributed by atoms with E-state index >= 15 is 0 Å². The fourth-order valence-corrected chi connectivity index (χ4v) is 6.03. The highest BCUT2D eigenvalue weighted by molar-refractivity contribution is 6.41. The summed E-state index contributed by atoms with van der Waals surface area (Å²) >= 11 is 0. The standard InChI is InChI=1S/C38H48N2O12/c1-4-10-28-23-25(2)19-22-49-38(48)51-33(43)14-6-5-13-31(42)36(46)52-37(47)34(44)40-21-8-7-12-29(40)35(45)50-32(26(3)15-17-30(28)41)18-16-27-11-9-20-39-24-27/h4,9,11,20,23-24,26,28-29,32H,1,5-8,10,12-19,21-22H2,2-3H3/b25-23+/t26-,28?,29+,32-/m1/s1. The smallest absolute Gasteiger partial charge is 0.461 e. The van der Waals surface area contributed by atoms with Gasteiger partial charge in [-0.25, -0.2) is 19.2 Å². The monoisotopic (exact) mass is 724 g/mol. The number of ether oxygens (including phenoxy) is 4. The van der Waals surface area contributed by atoms with Crippen molar-refractivity contribution < 1.29 is 57.3 Å². The maximum absolute atomic E-state index is 13.7. The average Bonchev–Trinajstić information content (AvgIpc) is 3.13. The van der Waals surface area contributed by atoms with Crippen molar-refractivity contribution in [2.75, 3.05) is 13.2 Å². The molecule has 14 heteroatoms. The van der Waals surface area contributed by atoms with Crippen molar-refractivity contribution in [3.8, 4) is 0 Å². The van der Waals surface area contributed by atoms with Gasteiger partial charge in [-0.2, -0.15) is 0 Å². The summed E-state index contributed by atoms with van der Waals surface area (Å²) in [5.41, 5.74) is 1.70. The number of aromatic nitrogens is 1. The summed E-state index contributed by atoms with van der Waals surface area (Å²) in [5, 5.41) is 0. The number of fused-ring (bicyclic) bond motifs is 1. The van der Waals surface area contributed by atoms with Gasteiger partial charge in [-0.3, -0.25) is 24.2 Å². The molecule has 0 spiro atoms. The minimum absolute atomic E-state index is 0.0230. The first-order valence-electron chi connectivity index (χ1n) is 17.8. The van der Waals surface area contributed by atoms with Crippen LogP contribution in [0.4, 0.5) is 4.79 Å². The molecule has 52 heavy (non-hydrogen) atoms. The minimum Gasteiger partial charge on any atom is -0.461 e. The first-order chi connectivity index (χ1) is 24.9. The Labute approximate surface area is 303 Å². The van der Waals surface area contributed by atoms with Crippen LogP contribution in [-0.4, -0.2) is 82.7 Å². The van der Waals surface area contributed by atoms with E-state index in [0.29, 0.717) is 38.5 Å². The van der Waals surface area contributed by atoms with Crippen molar-refractivity contribution >= 4 is 47.5 Å². The number of rotatable bonds is 5. The lowest BCUT2D eigenvalue weighted by Crippen LogP contribution is -2.52. The average molecular weight is 725 g/mol. The Bertz CT molecular complexity index is 1500. The molecule has 0 N–H and O–H groups in total. The summed E-state index contributed by atoms with van der Waals surface area (Å²) in [6, 6.07) is 2.57. The lowest BCUT2D eigenvalue weighted by atomic mass is 9.88. The summed E-state index contributed by atoms with van der Waals surface area (Å²) in [4.78, 5) is 107. The van der Waals surface area contributed by atoms with E-state index in [4.69, 9.17) is 9.47 Å². The lowest BCUT2D eigenvalue weighted by Gasteiger charge is -2.35. The zero-order valence-electron chi connectivity index (χ0n) is 29.9. The highest BCUT2D eigenvalue weighted by Gasteiger charge is 2.39. The molecule has 1 aromatic rings. The number of esters is 4. The number of piperidine rings is 1. The van der Waals surface area contributed by atoms with Crippen LogP contribution in [0, 0.1) is 11.8 Å². The molecule has 14 nitrogen and oxygen atoms in total. The number of Topliss-reactive ketones (excluding diaryl/α,β-unsaturated/α-hetero) is 2. The van der Waals surface area contributed by atoms with Gasteiger partial charge >= 0.3 is 35.9 Å². The molecule has 4 atom stereocenters. The molecule has 2 aliphatic rings. The number of hydrogen-bond donors (Lipinski definition) is 0. The molecule has 3 rings (SSSR count). The highest BCUT2D eigenvalue weighted by Crippen LogP contribution is 2.26. The van der Waals surface area contributed by atoms with Crippen molar-refractivity contribution in [2.24, 2.45) is 11.8 Å². The maximum atomic E-state index is 13.7. The predicted molar refractivity (Wildman–Crippen MR) is 184 cm³/mol. The third-order valence-corrected chi connectivity index (χ3v) is 9.08. The molecule has 1 unspecified atom stereocenters. The second-order valence-corrected chi connectivity index (χ2v) is 13.1.